The van der Waals surface area contributed by atoms with E-state index in [1.165, 1.54) is 0 Å². The van der Waals surface area contributed by atoms with Gasteiger partial charge in [0.2, 0.25) is 5.91 Å². The summed E-state index contributed by atoms with van der Waals surface area (Å²) in [5.41, 5.74) is 0. The van der Waals surface area contributed by atoms with Gasteiger partial charge in [0.05, 0.1) is 6.54 Å². The number of hydrogen-bond acceptors (Lipinski definition) is 2. The van der Waals surface area contributed by atoms with Gasteiger partial charge in [-0.3, -0.25) is 4.79 Å². The lowest BCUT2D eigenvalue weighted by molar-refractivity contribution is -0.121. The van der Waals surface area contributed by atoms with Gasteiger partial charge in [-0.2, -0.15) is 0 Å². The Morgan fingerprint density at radius 2 is 1.62 bits per heavy atom. The molecule has 0 fully saturated rings. The Kier molecular flexibility index (Phi) is 8.26. The normalized spacial score (nSPS) is 14.9. The predicted molar refractivity (Wildman–Crippen MR) is 69.4 cm³/mol. The summed E-state index contributed by atoms with van der Waals surface area (Å²) in [4.78, 5) is 11.5. The average molecular weight is 228 g/mol. The molecule has 3 nitrogen and oxygen atoms in total. The second-order valence-electron chi connectivity index (χ2n) is 4.62. The molecule has 0 aromatic rings. The summed E-state index contributed by atoms with van der Waals surface area (Å²) in [6.45, 7) is 11.1. The molecule has 16 heavy (non-hydrogen) atoms. The van der Waals surface area contributed by atoms with Gasteiger partial charge >= 0.3 is 0 Å². The number of nitrogens with one attached hydrogen (secondary N) is 2. The highest BCUT2D eigenvalue weighted by Gasteiger charge is 2.14. The molecule has 0 heterocycles. The Morgan fingerprint density at radius 3 is 2.06 bits per heavy atom. The van der Waals surface area contributed by atoms with Crippen LogP contribution < -0.4 is 10.6 Å². The highest BCUT2D eigenvalue weighted by molar-refractivity contribution is 5.78. The average Bonchev–Trinajstić information content (AvgIpc) is 2.27. The lowest BCUT2D eigenvalue weighted by Gasteiger charge is -2.22. The zero-order valence-corrected chi connectivity index (χ0v) is 11.5. The van der Waals surface area contributed by atoms with Crippen LogP contribution in [0.4, 0.5) is 0 Å². The molecule has 0 aliphatic carbocycles. The summed E-state index contributed by atoms with van der Waals surface area (Å²) in [7, 11) is 0. The molecule has 2 N–H and O–H groups in total. The van der Waals surface area contributed by atoms with Crippen LogP contribution >= 0.6 is 0 Å². The van der Waals surface area contributed by atoms with Crippen molar-refractivity contribution in [1.82, 2.24) is 10.6 Å². The molecule has 0 radical (unpaired) electrons. The lowest BCUT2D eigenvalue weighted by atomic mass is 9.95. The predicted octanol–water partition coefficient (Wildman–Crippen LogP) is 2.32. The molecule has 0 spiro atoms. The monoisotopic (exact) mass is 228 g/mol. The van der Waals surface area contributed by atoms with Crippen molar-refractivity contribution in [1.29, 1.82) is 0 Å². The summed E-state index contributed by atoms with van der Waals surface area (Å²) in [6, 6.07) is 0.690. The maximum atomic E-state index is 11.5. The van der Waals surface area contributed by atoms with Crippen molar-refractivity contribution in [2.24, 2.45) is 5.92 Å². The zero-order valence-electron chi connectivity index (χ0n) is 11.5. The van der Waals surface area contributed by atoms with Gasteiger partial charge in [-0.1, -0.05) is 33.6 Å². The van der Waals surface area contributed by atoms with Crippen molar-refractivity contribution >= 4 is 5.91 Å². The molecule has 0 aromatic heterocycles. The Balaban J connectivity index is 3.82. The molecule has 0 saturated heterocycles. The molecule has 0 aromatic carbocycles. The number of hydrogen-bond donors (Lipinski definition) is 2. The SMILES string of the molecule is CCC(C)NC(=O)CNC(C)C(CC)CC. The first-order valence-corrected chi connectivity index (χ1v) is 6.57. The molecule has 0 saturated carbocycles. The van der Waals surface area contributed by atoms with Crippen molar-refractivity contribution < 1.29 is 4.79 Å². The standard InChI is InChI=1S/C13H28N2O/c1-6-10(4)15-13(16)9-14-11(5)12(7-2)8-3/h10-12,14H,6-9H2,1-5H3,(H,15,16). The van der Waals surface area contributed by atoms with Gasteiger partial charge in [-0.25, -0.2) is 0 Å². The van der Waals surface area contributed by atoms with Crippen LogP contribution in [0.5, 0.6) is 0 Å². The van der Waals surface area contributed by atoms with Gasteiger partial charge in [-0.15, -0.1) is 0 Å². The molecule has 96 valence electrons. The van der Waals surface area contributed by atoms with Crippen LogP contribution in [-0.4, -0.2) is 24.5 Å². The van der Waals surface area contributed by atoms with Crippen LogP contribution in [0, 0.1) is 5.92 Å². The van der Waals surface area contributed by atoms with Crippen molar-refractivity contribution in [3.8, 4) is 0 Å². The molecule has 0 aliphatic heterocycles. The maximum Gasteiger partial charge on any atom is 0.234 e. The first-order valence-electron chi connectivity index (χ1n) is 6.57. The molecule has 0 rings (SSSR count). The number of carbonyl (C=O) groups excluding carboxylic acids is 1. The van der Waals surface area contributed by atoms with E-state index in [2.05, 4.69) is 38.3 Å². The molecular formula is C13H28N2O. The largest absolute Gasteiger partial charge is 0.353 e. The second kappa shape index (κ2) is 8.57. The van der Waals surface area contributed by atoms with Gasteiger partial charge in [0.15, 0.2) is 0 Å². The van der Waals surface area contributed by atoms with Crippen LogP contribution in [-0.2, 0) is 4.79 Å². The second-order valence-corrected chi connectivity index (χ2v) is 4.62. The smallest absolute Gasteiger partial charge is 0.234 e. The van der Waals surface area contributed by atoms with Crippen LogP contribution in [0.1, 0.15) is 53.9 Å². The first-order chi connectivity index (χ1) is 7.54. The number of rotatable bonds is 8. The Morgan fingerprint density at radius 1 is 1.06 bits per heavy atom. The molecule has 0 bridgehead atoms. The van der Waals surface area contributed by atoms with Crippen molar-refractivity contribution in [2.75, 3.05) is 6.54 Å². The van der Waals surface area contributed by atoms with E-state index in [4.69, 9.17) is 0 Å². The molecule has 2 unspecified atom stereocenters. The van der Waals surface area contributed by atoms with Crippen LogP contribution in [0.25, 0.3) is 0 Å². The third-order valence-electron chi connectivity index (χ3n) is 3.36. The minimum absolute atomic E-state index is 0.104. The van der Waals surface area contributed by atoms with Crippen LogP contribution in [0.2, 0.25) is 0 Å². The summed E-state index contributed by atoms with van der Waals surface area (Å²) >= 11 is 0. The van der Waals surface area contributed by atoms with Gasteiger partial charge in [0, 0.05) is 12.1 Å². The van der Waals surface area contributed by atoms with Gasteiger partial charge < -0.3 is 10.6 Å². The molecule has 3 heteroatoms. The fourth-order valence-corrected chi connectivity index (χ4v) is 1.84. The van der Waals surface area contributed by atoms with E-state index in [9.17, 15) is 4.79 Å². The van der Waals surface area contributed by atoms with Crippen molar-refractivity contribution in [3.63, 3.8) is 0 Å². The number of carbonyl (C=O) groups is 1. The van der Waals surface area contributed by atoms with Crippen LogP contribution in [0.3, 0.4) is 0 Å². The lowest BCUT2D eigenvalue weighted by Crippen LogP contribution is -2.43. The van der Waals surface area contributed by atoms with E-state index in [1.807, 2.05) is 6.92 Å². The van der Waals surface area contributed by atoms with E-state index < -0.39 is 0 Å². The van der Waals surface area contributed by atoms with E-state index in [0.29, 0.717) is 18.5 Å². The summed E-state index contributed by atoms with van der Waals surface area (Å²) in [6.07, 6.45) is 3.31. The van der Waals surface area contributed by atoms with Gasteiger partial charge in [-0.05, 0) is 26.2 Å². The van der Waals surface area contributed by atoms with Gasteiger partial charge in [0.25, 0.3) is 0 Å². The zero-order chi connectivity index (χ0) is 12.6. The highest BCUT2D eigenvalue weighted by Crippen LogP contribution is 2.11. The fraction of sp³-hybridized carbons (Fsp3) is 0.923. The Bertz CT molecular complexity index is 190. The molecule has 0 aliphatic rings. The summed E-state index contributed by atoms with van der Waals surface area (Å²) in [5.74, 6) is 0.767. The van der Waals surface area contributed by atoms with E-state index in [1.54, 1.807) is 0 Å². The van der Waals surface area contributed by atoms with E-state index >= 15 is 0 Å². The van der Waals surface area contributed by atoms with E-state index in [-0.39, 0.29) is 11.9 Å². The van der Waals surface area contributed by atoms with Crippen LogP contribution in [0.15, 0.2) is 0 Å². The minimum atomic E-state index is 0.104. The molecule has 1 amide bonds. The van der Waals surface area contributed by atoms with Crippen molar-refractivity contribution in [2.45, 2.75) is 66.0 Å². The summed E-state index contributed by atoms with van der Waals surface area (Å²) in [5, 5.41) is 6.26. The van der Waals surface area contributed by atoms with Gasteiger partial charge in [0.1, 0.15) is 0 Å². The fourth-order valence-electron chi connectivity index (χ4n) is 1.84. The highest BCUT2D eigenvalue weighted by atomic mass is 16.1. The Hall–Kier alpha value is -0.570. The Labute approximate surface area is 100 Å². The third-order valence-corrected chi connectivity index (χ3v) is 3.36. The third kappa shape index (κ3) is 6.11. The number of amides is 1. The first kappa shape index (κ1) is 15.4. The topological polar surface area (TPSA) is 41.1 Å². The van der Waals surface area contributed by atoms with E-state index in [0.717, 1.165) is 19.3 Å². The molecular weight excluding hydrogens is 200 g/mol. The quantitative estimate of drug-likeness (QED) is 0.669. The minimum Gasteiger partial charge on any atom is -0.353 e. The summed E-state index contributed by atoms with van der Waals surface area (Å²) < 4.78 is 0. The maximum absolute atomic E-state index is 11.5. The molecule has 2 atom stereocenters. The van der Waals surface area contributed by atoms with Crippen molar-refractivity contribution in [3.05, 3.63) is 0 Å².